The summed E-state index contributed by atoms with van der Waals surface area (Å²) in [6, 6.07) is 0. The fourth-order valence-corrected chi connectivity index (χ4v) is 3.00. The van der Waals surface area contributed by atoms with E-state index in [2.05, 4.69) is 4.74 Å². The lowest BCUT2D eigenvalue weighted by atomic mass is 9.97. The predicted molar refractivity (Wildman–Crippen MR) is 57.8 cm³/mol. The first-order valence-corrected chi connectivity index (χ1v) is 6.49. The van der Waals surface area contributed by atoms with Gasteiger partial charge in [0.15, 0.2) is 0 Å². The van der Waals surface area contributed by atoms with Crippen LogP contribution < -0.4 is 0 Å². The largest absolute Gasteiger partial charge is 0.477 e. The molecule has 0 aromatic rings. The summed E-state index contributed by atoms with van der Waals surface area (Å²) in [5.41, 5.74) is 0. The number of alkyl halides is 6. The molecule has 0 saturated heterocycles. The van der Waals surface area contributed by atoms with E-state index in [1.54, 1.807) is 0 Å². The second-order valence-electron chi connectivity index (χ2n) is 5.65. The first-order valence-electron chi connectivity index (χ1n) is 6.49. The minimum absolute atomic E-state index is 0.136. The van der Waals surface area contributed by atoms with Gasteiger partial charge in [0, 0.05) is 0 Å². The summed E-state index contributed by atoms with van der Waals surface area (Å²) in [5.74, 6) is -24.8. The highest BCUT2D eigenvalue weighted by Gasteiger charge is 2.79. The summed E-state index contributed by atoms with van der Waals surface area (Å²) < 4.78 is 83.0. The Morgan fingerprint density at radius 2 is 1.55 bits per heavy atom. The molecular weight excluding hydrogens is 322 g/mol. The van der Waals surface area contributed by atoms with Crippen LogP contribution in [0.1, 0.15) is 25.7 Å². The number of halogens is 6. The maximum absolute atomic E-state index is 13.4. The monoisotopic (exact) mass is 334 g/mol. The fraction of sp³-hybridized carbons (Fsp3) is 0.833. The molecule has 3 unspecified atom stereocenters. The molecule has 0 aromatic heterocycles. The van der Waals surface area contributed by atoms with Gasteiger partial charge >= 0.3 is 29.7 Å². The van der Waals surface area contributed by atoms with Crippen molar-refractivity contribution >= 4 is 11.9 Å². The van der Waals surface area contributed by atoms with Crippen LogP contribution in [0.2, 0.25) is 0 Å². The number of rotatable bonds is 5. The first kappa shape index (κ1) is 16.9. The number of carboxylic acids is 1. The molecule has 0 amide bonds. The van der Waals surface area contributed by atoms with E-state index in [4.69, 9.17) is 5.11 Å². The lowest BCUT2D eigenvalue weighted by molar-refractivity contribution is -0.301. The Balaban J connectivity index is 2.14. The molecule has 3 atom stereocenters. The second kappa shape index (κ2) is 5.02. The van der Waals surface area contributed by atoms with Gasteiger partial charge in [-0.3, -0.25) is 0 Å². The van der Waals surface area contributed by atoms with E-state index in [0.29, 0.717) is 12.8 Å². The number of fused-ring (bicyclic) bond motifs is 2. The van der Waals surface area contributed by atoms with Crippen molar-refractivity contribution in [1.29, 1.82) is 0 Å². The minimum Gasteiger partial charge on any atom is -0.477 e. The van der Waals surface area contributed by atoms with E-state index in [-0.39, 0.29) is 18.3 Å². The third-order valence-electron chi connectivity index (χ3n) is 4.25. The molecular formula is C12H12F6O4. The molecule has 2 saturated carbocycles. The number of carboxylic acid groups (broad SMARTS) is 1. The van der Waals surface area contributed by atoms with Crippen LogP contribution in [0.5, 0.6) is 0 Å². The van der Waals surface area contributed by atoms with Gasteiger partial charge < -0.3 is 9.84 Å². The molecule has 0 aliphatic heterocycles. The number of aliphatic carboxylic acids is 1. The van der Waals surface area contributed by atoms with Crippen LogP contribution in [-0.4, -0.2) is 40.9 Å². The lowest BCUT2D eigenvalue weighted by Gasteiger charge is -2.30. The van der Waals surface area contributed by atoms with E-state index in [9.17, 15) is 35.9 Å². The van der Waals surface area contributed by atoms with Crippen LogP contribution >= 0.6 is 0 Å². The Bertz CT molecular complexity index is 492. The molecule has 22 heavy (non-hydrogen) atoms. The van der Waals surface area contributed by atoms with Crippen LogP contribution in [0.4, 0.5) is 26.3 Å². The molecule has 0 spiro atoms. The topological polar surface area (TPSA) is 63.6 Å². The van der Waals surface area contributed by atoms with Crippen molar-refractivity contribution < 1.29 is 45.8 Å². The zero-order valence-corrected chi connectivity index (χ0v) is 11.0. The van der Waals surface area contributed by atoms with Gasteiger partial charge in [0.25, 0.3) is 0 Å². The van der Waals surface area contributed by atoms with E-state index in [0.717, 1.165) is 6.42 Å². The lowest BCUT2D eigenvalue weighted by Crippen LogP contribution is -2.61. The van der Waals surface area contributed by atoms with Gasteiger partial charge in [-0.05, 0) is 37.5 Å². The average molecular weight is 334 g/mol. The maximum Gasteiger partial charge on any atom is 0.411 e. The molecule has 1 N–H and O–H groups in total. The zero-order valence-electron chi connectivity index (χ0n) is 11.0. The average Bonchev–Trinajstić information content (AvgIpc) is 3.00. The smallest absolute Gasteiger partial charge is 0.411 e. The van der Waals surface area contributed by atoms with Crippen LogP contribution in [0, 0.1) is 11.8 Å². The molecule has 2 aliphatic carbocycles. The number of hydrogen-bond acceptors (Lipinski definition) is 3. The van der Waals surface area contributed by atoms with Crippen molar-refractivity contribution in [3.63, 3.8) is 0 Å². The highest BCUT2D eigenvalue weighted by Crippen LogP contribution is 2.49. The second-order valence-corrected chi connectivity index (χ2v) is 5.65. The molecule has 2 rings (SSSR count). The standard InChI is InChI=1S/C12H12F6O4/c13-10(14,8(19)20)12(17,18)11(15,16)9(21)22-7-4-5-1-2-6(7)3-5/h5-7H,1-4H2,(H,19,20). The van der Waals surface area contributed by atoms with Crippen LogP contribution in [0.15, 0.2) is 0 Å². The Hall–Kier alpha value is -1.48. The maximum atomic E-state index is 13.4. The Morgan fingerprint density at radius 1 is 0.955 bits per heavy atom. The molecule has 10 heteroatoms. The molecule has 0 aromatic carbocycles. The highest BCUT2D eigenvalue weighted by atomic mass is 19.3. The number of carbonyl (C=O) groups is 2. The third-order valence-corrected chi connectivity index (χ3v) is 4.25. The Morgan fingerprint density at radius 3 is 1.95 bits per heavy atom. The van der Waals surface area contributed by atoms with E-state index < -0.39 is 35.8 Å². The minimum atomic E-state index is -6.40. The van der Waals surface area contributed by atoms with Gasteiger partial charge in [-0.1, -0.05) is 0 Å². The SMILES string of the molecule is O=C(O)C(F)(F)C(F)(F)C(F)(F)C(=O)OC1CC2CCC1C2. The molecule has 4 nitrogen and oxygen atoms in total. The van der Waals surface area contributed by atoms with Gasteiger partial charge in [0.2, 0.25) is 0 Å². The normalized spacial score (nSPS) is 28.7. The van der Waals surface area contributed by atoms with Gasteiger partial charge in [0.1, 0.15) is 6.10 Å². The number of carbonyl (C=O) groups excluding carboxylic acids is 1. The van der Waals surface area contributed by atoms with Crippen molar-refractivity contribution in [2.24, 2.45) is 11.8 Å². The molecule has 2 fully saturated rings. The van der Waals surface area contributed by atoms with Gasteiger partial charge in [-0.25, -0.2) is 9.59 Å². The predicted octanol–water partition coefficient (Wildman–Crippen LogP) is 2.71. The van der Waals surface area contributed by atoms with Crippen LogP contribution in [0.25, 0.3) is 0 Å². The summed E-state index contributed by atoms with van der Waals surface area (Å²) >= 11 is 0. The van der Waals surface area contributed by atoms with Crippen LogP contribution in [-0.2, 0) is 14.3 Å². The van der Waals surface area contributed by atoms with Crippen molar-refractivity contribution in [3.05, 3.63) is 0 Å². The summed E-state index contributed by atoms with van der Waals surface area (Å²) in [4.78, 5) is 21.3. The van der Waals surface area contributed by atoms with Gasteiger partial charge in [-0.2, -0.15) is 26.3 Å². The zero-order chi connectivity index (χ0) is 16.9. The van der Waals surface area contributed by atoms with Gasteiger partial charge in [-0.15, -0.1) is 0 Å². The fourth-order valence-electron chi connectivity index (χ4n) is 3.00. The molecule has 126 valence electrons. The quantitative estimate of drug-likeness (QED) is 0.620. The van der Waals surface area contributed by atoms with Gasteiger partial charge in [0.05, 0.1) is 0 Å². The van der Waals surface area contributed by atoms with Crippen molar-refractivity contribution in [2.75, 3.05) is 0 Å². The molecule has 2 aliphatic rings. The Kier molecular flexibility index (Phi) is 3.85. The summed E-state index contributed by atoms with van der Waals surface area (Å²) in [7, 11) is 0. The molecule has 0 heterocycles. The summed E-state index contributed by atoms with van der Waals surface area (Å²) in [6.45, 7) is 0. The van der Waals surface area contributed by atoms with E-state index in [1.165, 1.54) is 0 Å². The first-order chi connectivity index (χ1) is 9.91. The van der Waals surface area contributed by atoms with E-state index in [1.807, 2.05) is 0 Å². The number of esters is 1. The molecule has 2 bridgehead atoms. The molecule has 0 radical (unpaired) electrons. The van der Waals surface area contributed by atoms with Crippen molar-refractivity contribution in [3.8, 4) is 0 Å². The summed E-state index contributed by atoms with van der Waals surface area (Å²) in [6.07, 6.45) is 1.18. The summed E-state index contributed by atoms with van der Waals surface area (Å²) in [5, 5.41) is 7.98. The van der Waals surface area contributed by atoms with E-state index >= 15 is 0 Å². The van der Waals surface area contributed by atoms with Crippen molar-refractivity contribution in [2.45, 2.75) is 49.6 Å². The Labute approximate surface area is 120 Å². The van der Waals surface area contributed by atoms with Crippen molar-refractivity contribution in [1.82, 2.24) is 0 Å². The highest BCUT2D eigenvalue weighted by molar-refractivity contribution is 5.83. The third kappa shape index (κ3) is 2.32. The number of hydrogen-bond donors (Lipinski definition) is 1. The van der Waals surface area contributed by atoms with Crippen LogP contribution in [0.3, 0.4) is 0 Å². The number of ether oxygens (including phenoxy) is 1.